The Balaban J connectivity index is 1.26. The van der Waals surface area contributed by atoms with Crippen molar-refractivity contribution < 1.29 is 41.7 Å². The number of hydrogen-bond acceptors (Lipinski definition) is 6. The number of ether oxygens (including phenoxy) is 2. The van der Waals surface area contributed by atoms with Crippen LogP contribution in [-0.4, -0.2) is 52.3 Å². The zero-order valence-corrected chi connectivity index (χ0v) is 20.2. The predicted molar refractivity (Wildman–Crippen MR) is 122 cm³/mol. The van der Waals surface area contributed by atoms with Gasteiger partial charge in [0.2, 0.25) is 0 Å². The molecule has 1 atom stereocenters. The number of aliphatic hydroxyl groups is 1. The molecule has 2 amide bonds. The van der Waals surface area contributed by atoms with Crippen LogP contribution in [0.4, 0.5) is 17.6 Å². The lowest BCUT2D eigenvalue weighted by Gasteiger charge is -2.56. The summed E-state index contributed by atoms with van der Waals surface area (Å²) < 4.78 is 61.9. The second-order valence-electron chi connectivity index (χ2n) is 9.28. The molecule has 0 saturated heterocycles. The molecule has 1 aromatic heterocycles. The molecule has 3 fully saturated rings. The molecular formula is C24H24ClF4N3O5. The summed E-state index contributed by atoms with van der Waals surface area (Å²) >= 11 is 5.63. The van der Waals surface area contributed by atoms with Gasteiger partial charge in [0.05, 0.1) is 22.9 Å². The van der Waals surface area contributed by atoms with Crippen LogP contribution in [0.5, 0.6) is 11.5 Å². The van der Waals surface area contributed by atoms with E-state index in [1.807, 2.05) is 0 Å². The average Bonchev–Trinajstić information content (AvgIpc) is 2.84. The number of nitrogens with one attached hydrogen (secondary N) is 2. The highest BCUT2D eigenvalue weighted by Crippen LogP contribution is 2.47. The van der Waals surface area contributed by atoms with Gasteiger partial charge in [-0.3, -0.25) is 9.59 Å². The Labute approximate surface area is 214 Å². The van der Waals surface area contributed by atoms with E-state index in [4.69, 9.17) is 21.1 Å². The lowest BCUT2D eigenvalue weighted by molar-refractivity contribution is -0.141. The number of rotatable bonds is 8. The first kappa shape index (κ1) is 26.9. The fraction of sp³-hybridized carbons (Fsp3) is 0.458. The van der Waals surface area contributed by atoms with Crippen LogP contribution in [0, 0.1) is 5.82 Å². The van der Waals surface area contributed by atoms with E-state index in [1.54, 1.807) is 0 Å². The highest BCUT2D eigenvalue weighted by atomic mass is 35.5. The molecule has 0 spiro atoms. The van der Waals surface area contributed by atoms with Gasteiger partial charge in [0.15, 0.2) is 13.2 Å². The second-order valence-corrected chi connectivity index (χ2v) is 9.69. The van der Waals surface area contributed by atoms with Crippen molar-refractivity contribution in [2.45, 2.75) is 55.5 Å². The number of fused-ring (bicyclic) bond motifs is 3. The van der Waals surface area contributed by atoms with Gasteiger partial charge in [-0.1, -0.05) is 11.6 Å². The summed E-state index contributed by atoms with van der Waals surface area (Å²) in [6, 6.07) is 5.66. The fourth-order valence-corrected chi connectivity index (χ4v) is 4.92. The van der Waals surface area contributed by atoms with Gasteiger partial charge in [0.1, 0.15) is 23.0 Å². The number of aromatic nitrogens is 1. The molecule has 5 rings (SSSR count). The highest BCUT2D eigenvalue weighted by Gasteiger charge is 2.55. The van der Waals surface area contributed by atoms with Crippen molar-refractivity contribution >= 4 is 23.4 Å². The molecule has 3 aliphatic carbocycles. The standard InChI is InChI=1S/C24H24ClF4N3O5/c25-16-3-1-14(9-17(16)26)36-13-21(35)32-23-7-5-22(6-8-23,10-19(23)33)31-20(34)12-37-15-2-4-18(30-11-15)24(27,28)29/h1-4,9,11,19,33H,5-8,10,12-13H2,(H,31,34)(H,32,35). The number of benzene rings is 1. The third kappa shape index (κ3) is 6.24. The van der Waals surface area contributed by atoms with Crippen molar-refractivity contribution in [1.82, 2.24) is 15.6 Å². The maximum Gasteiger partial charge on any atom is 0.433 e. The number of nitrogens with zero attached hydrogens (tertiary/aromatic N) is 1. The van der Waals surface area contributed by atoms with E-state index in [-0.39, 0.29) is 29.5 Å². The minimum Gasteiger partial charge on any atom is -0.484 e. The van der Waals surface area contributed by atoms with Gasteiger partial charge < -0.3 is 25.2 Å². The molecule has 3 saturated carbocycles. The van der Waals surface area contributed by atoms with Gasteiger partial charge in [-0.05, 0) is 56.4 Å². The maximum atomic E-state index is 13.5. The summed E-state index contributed by atoms with van der Waals surface area (Å²) in [4.78, 5) is 28.3. The highest BCUT2D eigenvalue weighted by molar-refractivity contribution is 6.30. The van der Waals surface area contributed by atoms with Crippen LogP contribution in [0.1, 0.15) is 37.8 Å². The van der Waals surface area contributed by atoms with E-state index in [2.05, 4.69) is 15.6 Å². The molecule has 3 aliphatic rings. The topological polar surface area (TPSA) is 110 Å². The number of carbonyl (C=O) groups excluding carboxylic acids is 2. The molecular weight excluding hydrogens is 522 g/mol. The van der Waals surface area contributed by atoms with Crippen LogP contribution in [0.3, 0.4) is 0 Å². The van der Waals surface area contributed by atoms with E-state index in [1.165, 1.54) is 12.1 Å². The van der Waals surface area contributed by atoms with Crippen molar-refractivity contribution in [2.24, 2.45) is 0 Å². The molecule has 0 radical (unpaired) electrons. The first-order chi connectivity index (χ1) is 17.4. The number of alkyl halides is 3. The molecule has 13 heteroatoms. The van der Waals surface area contributed by atoms with Crippen molar-refractivity contribution in [1.29, 1.82) is 0 Å². The number of carbonyl (C=O) groups is 2. The molecule has 1 unspecified atom stereocenters. The minimum absolute atomic E-state index is 0.0123. The molecule has 2 aromatic rings. The predicted octanol–water partition coefficient (Wildman–Crippen LogP) is 3.40. The lowest BCUT2D eigenvalue weighted by atomic mass is 9.60. The monoisotopic (exact) mass is 545 g/mol. The maximum absolute atomic E-state index is 13.5. The van der Waals surface area contributed by atoms with Crippen molar-refractivity contribution in [3.8, 4) is 11.5 Å². The number of halogens is 5. The summed E-state index contributed by atoms with van der Waals surface area (Å²) in [6.07, 6.45) is -2.64. The van der Waals surface area contributed by atoms with E-state index in [0.717, 1.165) is 24.4 Å². The second kappa shape index (κ2) is 10.3. The third-order valence-electron chi connectivity index (χ3n) is 6.77. The van der Waals surface area contributed by atoms with Gasteiger partial charge in [0.25, 0.3) is 11.8 Å². The zero-order valence-electron chi connectivity index (χ0n) is 19.4. The van der Waals surface area contributed by atoms with Crippen LogP contribution >= 0.6 is 11.6 Å². The first-order valence-corrected chi connectivity index (χ1v) is 11.8. The van der Waals surface area contributed by atoms with Gasteiger partial charge in [-0.25, -0.2) is 9.37 Å². The van der Waals surface area contributed by atoms with Gasteiger partial charge in [0, 0.05) is 11.6 Å². The number of hydrogen-bond donors (Lipinski definition) is 3. The molecule has 200 valence electrons. The number of amides is 2. The Bertz CT molecular complexity index is 1150. The molecule has 8 nitrogen and oxygen atoms in total. The van der Waals surface area contributed by atoms with Crippen molar-refractivity contribution in [2.75, 3.05) is 13.2 Å². The number of aliphatic hydroxyl groups excluding tert-OH is 1. The largest absolute Gasteiger partial charge is 0.484 e. The van der Waals surface area contributed by atoms with E-state index in [9.17, 15) is 32.3 Å². The van der Waals surface area contributed by atoms with E-state index < -0.39 is 53.3 Å². The Morgan fingerprint density at radius 1 is 1.03 bits per heavy atom. The summed E-state index contributed by atoms with van der Waals surface area (Å²) in [7, 11) is 0. The molecule has 37 heavy (non-hydrogen) atoms. The Kier molecular flexibility index (Phi) is 7.52. The SMILES string of the molecule is O=C(COc1ccc(C(F)(F)F)nc1)NC12CCC(NC(=O)COc3ccc(Cl)c(F)c3)(CC1)C(O)C2. The quantitative estimate of drug-likeness (QED) is 0.439. The summed E-state index contributed by atoms with van der Waals surface area (Å²) in [5.74, 6) is -1.50. The normalized spacial score (nSPS) is 24.9. The van der Waals surface area contributed by atoms with Crippen molar-refractivity contribution in [3.05, 3.63) is 53.1 Å². The van der Waals surface area contributed by atoms with Gasteiger partial charge >= 0.3 is 6.18 Å². The Morgan fingerprint density at radius 3 is 2.22 bits per heavy atom. The van der Waals surface area contributed by atoms with Crippen LogP contribution in [0.25, 0.3) is 0 Å². The summed E-state index contributed by atoms with van der Waals surface area (Å²) in [6.45, 7) is -0.817. The third-order valence-corrected chi connectivity index (χ3v) is 7.08. The fourth-order valence-electron chi connectivity index (χ4n) is 4.81. The van der Waals surface area contributed by atoms with Crippen LogP contribution in [0.15, 0.2) is 36.5 Å². The Morgan fingerprint density at radius 2 is 1.65 bits per heavy atom. The number of pyridine rings is 1. The van der Waals surface area contributed by atoms with E-state index in [0.29, 0.717) is 25.7 Å². The van der Waals surface area contributed by atoms with Crippen molar-refractivity contribution in [3.63, 3.8) is 0 Å². The average molecular weight is 546 g/mol. The Hall–Kier alpha value is -3.12. The minimum atomic E-state index is -4.57. The first-order valence-electron chi connectivity index (χ1n) is 11.4. The van der Waals surface area contributed by atoms with Crippen LogP contribution in [0.2, 0.25) is 5.02 Å². The zero-order chi connectivity index (χ0) is 26.8. The molecule has 2 bridgehead atoms. The summed E-state index contributed by atoms with van der Waals surface area (Å²) in [5, 5.41) is 16.5. The molecule has 3 N–H and O–H groups in total. The van der Waals surface area contributed by atoms with Crippen LogP contribution in [-0.2, 0) is 15.8 Å². The molecule has 0 aliphatic heterocycles. The van der Waals surface area contributed by atoms with Gasteiger partial charge in [-0.2, -0.15) is 13.2 Å². The smallest absolute Gasteiger partial charge is 0.433 e. The summed E-state index contributed by atoms with van der Waals surface area (Å²) in [5.41, 5.74) is -2.63. The molecule has 1 aromatic carbocycles. The van der Waals surface area contributed by atoms with E-state index >= 15 is 0 Å². The van der Waals surface area contributed by atoms with Crippen LogP contribution < -0.4 is 20.1 Å². The lowest BCUT2D eigenvalue weighted by Crippen LogP contribution is -2.70. The van der Waals surface area contributed by atoms with Gasteiger partial charge in [-0.15, -0.1) is 0 Å². The molecule has 1 heterocycles.